The Hall–Kier alpha value is -4.18. The van der Waals surface area contributed by atoms with Crippen molar-refractivity contribution in [1.29, 1.82) is 0 Å². The molecule has 0 amide bonds. The molecule has 2 heterocycles. The number of hydrogen-bond donors (Lipinski definition) is 0. The average Bonchev–Trinajstić information content (AvgIpc) is 3.42. The van der Waals surface area contributed by atoms with Crippen LogP contribution in [0.15, 0.2) is 106 Å². The molecule has 0 saturated heterocycles. The quantitative estimate of drug-likeness (QED) is 0.294. The maximum absolute atomic E-state index is 5.96. The van der Waals surface area contributed by atoms with Crippen molar-refractivity contribution >= 4 is 22.2 Å². The zero-order valence-corrected chi connectivity index (χ0v) is 18.1. The molecule has 0 saturated carbocycles. The van der Waals surface area contributed by atoms with Gasteiger partial charge in [-0.25, -0.2) is 9.97 Å². The lowest BCUT2D eigenvalue weighted by Crippen LogP contribution is -1.89. The predicted molar refractivity (Wildman–Crippen MR) is 129 cm³/mol. The molecule has 0 aliphatic carbocycles. The van der Waals surface area contributed by atoms with Crippen molar-refractivity contribution in [2.45, 2.75) is 19.3 Å². The summed E-state index contributed by atoms with van der Waals surface area (Å²) in [5, 5.41) is 0. The minimum absolute atomic E-state index is 0.422. The number of rotatable bonds is 6. The van der Waals surface area contributed by atoms with Crippen molar-refractivity contribution in [2.24, 2.45) is 0 Å². The Morgan fingerprint density at radius 3 is 1.36 bits per heavy atom. The number of hydrogen-bond acceptors (Lipinski definition) is 4. The van der Waals surface area contributed by atoms with Gasteiger partial charge < -0.3 is 8.83 Å². The first-order chi connectivity index (χ1) is 16.3. The molecule has 0 aliphatic heterocycles. The van der Waals surface area contributed by atoms with Crippen molar-refractivity contribution in [3.63, 3.8) is 0 Å². The van der Waals surface area contributed by atoms with E-state index < -0.39 is 0 Å². The Balaban J connectivity index is 1.21. The molecule has 6 rings (SSSR count). The molecule has 4 nitrogen and oxygen atoms in total. The number of aromatic nitrogens is 2. The lowest BCUT2D eigenvalue weighted by Gasteiger charge is -2.00. The van der Waals surface area contributed by atoms with E-state index in [2.05, 4.69) is 82.8 Å². The standard InChI is InChI=1S/C29H22N2O2/c1-3-7-20(8-4-1)15-22-11-13-26-24(17-22)30-28(32-26)19-29-31-25-18-23(12-14-27(25)33-29)16-21-9-5-2-6-10-21/h1-14,17-18H,15-16,19H2. The zero-order chi connectivity index (χ0) is 22.0. The van der Waals surface area contributed by atoms with Crippen molar-refractivity contribution in [3.8, 4) is 0 Å². The van der Waals surface area contributed by atoms with Crippen molar-refractivity contribution in [2.75, 3.05) is 0 Å². The Bertz CT molecular complexity index is 1410. The topological polar surface area (TPSA) is 52.1 Å². The molecule has 0 unspecified atom stereocenters. The van der Waals surface area contributed by atoms with Gasteiger partial charge in [0.05, 0.1) is 0 Å². The van der Waals surface area contributed by atoms with Crippen LogP contribution in [0.25, 0.3) is 22.2 Å². The third kappa shape index (κ3) is 4.28. The average molecular weight is 431 g/mol. The number of nitrogens with zero attached hydrogens (tertiary/aromatic N) is 2. The molecule has 4 heteroatoms. The van der Waals surface area contributed by atoms with Crippen LogP contribution in [0.3, 0.4) is 0 Å². The van der Waals surface area contributed by atoms with E-state index in [9.17, 15) is 0 Å². The van der Waals surface area contributed by atoms with E-state index in [0.29, 0.717) is 18.2 Å². The fraction of sp³-hybridized carbons (Fsp3) is 0.103. The second-order valence-corrected chi connectivity index (χ2v) is 8.32. The lowest BCUT2D eigenvalue weighted by atomic mass is 10.0. The first-order valence-corrected chi connectivity index (χ1v) is 11.1. The molecule has 0 aliphatic rings. The third-order valence-corrected chi connectivity index (χ3v) is 5.80. The van der Waals surface area contributed by atoms with Gasteiger partial charge in [0.1, 0.15) is 17.5 Å². The summed E-state index contributed by atoms with van der Waals surface area (Å²) in [6, 6.07) is 33.2. The van der Waals surface area contributed by atoms with Crippen LogP contribution in [0.4, 0.5) is 0 Å². The van der Waals surface area contributed by atoms with Gasteiger partial charge in [-0.05, 0) is 59.4 Å². The maximum atomic E-state index is 5.96. The first kappa shape index (κ1) is 19.5. The van der Waals surface area contributed by atoms with Crippen LogP contribution in [0.1, 0.15) is 34.0 Å². The summed E-state index contributed by atoms with van der Waals surface area (Å²) >= 11 is 0. The zero-order valence-electron chi connectivity index (χ0n) is 18.1. The van der Waals surface area contributed by atoms with Gasteiger partial charge in [-0.1, -0.05) is 72.8 Å². The minimum Gasteiger partial charge on any atom is -0.440 e. The molecule has 0 radical (unpaired) electrons. The van der Waals surface area contributed by atoms with E-state index >= 15 is 0 Å². The van der Waals surface area contributed by atoms with E-state index in [-0.39, 0.29) is 0 Å². The Morgan fingerprint density at radius 1 is 0.455 bits per heavy atom. The monoisotopic (exact) mass is 430 g/mol. The number of benzene rings is 4. The maximum Gasteiger partial charge on any atom is 0.204 e. The summed E-state index contributed by atoms with van der Waals surface area (Å²) in [5.41, 5.74) is 8.26. The normalized spacial score (nSPS) is 11.4. The van der Waals surface area contributed by atoms with Gasteiger partial charge in [0, 0.05) is 0 Å². The lowest BCUT2D eigenvalue weighted by molar-refractivity contribution is 0.488. The van der Waals surface area contributed by atoms with Crippen LogP contribution < -0.4 is 0 Å². The first-order valence-electron chi connectivity index (χ1n) is 11.1. The van der Waals surface area contributed by atoms with Gasteiger partial charge in [0.25, 0.3) is 0 Å². The fourth-order valence-corrected chi connectivity index (χ4v) is 4.21. The molecule has 6 aromatic rings. The molecule has 0 N–H and O–H groups in total. The molecule has 0 atom stereocenters. The third-order valence-electron chi connectivity index (χ3n) is 5.80. The highest BCUT2D eigenvalue weighted by molar-refractivity contribution is 5.74. The molecule has 2 aromatic heterocycles. The molecule has 0 spiro atoms. The molecule has 160 valence electrons. The van der Waals surface area contributed by atoms with Crippen LogP contribution in [-0.4, -0.2) is 9.97 Å². The summed E-state index contributed by atoms with van der Waals surface area (Å²) in [7, 11) is 0. The summed E-state index contributed by atoms with van der Waals surface area (Å²) in [5.74, 6) is 1.22. The Morgan fingerprint density at radius 2 is 0.909 bits per heavy atom. The number of oxazole rings is 2. The number of fused-ring (bicyclic) bond motifs is 2. The smallest absolute Gasteiger partial charge is 0.204 e. The highest BCUT2D eigenvalue weighted by atomic mass is 16.4. The second-order valence-electron chi connectivity index (χ2n) is 8.32. The molecule has 4 aromatic carbocycles. The van der Waals surface area contributed by atoms with Crippen LogP contribution in [0.2, 0.25) is 0 Å². The van der Waals surface area contributed by atoms with E-state index in [1.54, 1.807) is 0 Å². The molecule has 0 fully saturated rings. The summed E-state index contributed by atoms with van der Waals surface area (Å²) < 4.78 is 11.9. The van der Waals surface area contributed by atoms with Crippen LogP contribution in [-0.2, 0) is 19.3 Å². The van der Waals surface area contributed by atoms with Gasteiger partial charge in [0.2, 0.25) is 11.8 Å². The van der Waals surface area contributed by atoms with Crippen molar-refractivity contribution in [3.05, 3.63) is 131 Å². The van der Waals surface area contributed by atoms with Crippen molar-refractivity contribution < 1.29 is 8.83 Å². The largest absolute Gasteiger partial charge is 0.440 e. The van der Waals surface area contributed by atoms with E-state index in [4.69, 9.17) is 8.83 Å². The van der Waals surface area contributed by atoms with Gasteiger partial charge in [0.15, 0.2) is 11.2 Å². The van der Waals surface area contributed by atoms with Crippen LogP contribution in [0.5, 0.6) is 0 Å². The van der Waals surface area contributed by atoms with Gasteiger partial charge in [-0.15, -0.1) is 0 Å². The summed E-state index contributed by atoms with van der Waals surface area (Å²) in [6.45, 7) is 0. The fourth-order valence-electron chi connectivity index (χ4n) is 4.21. The Labute approximate surface area is 191 Å². The van der Waals surface area contributed by atoms with Gasteiger partial charge in [-0.3, -0.25) is 0 Å². The molecular formula is C29H22N2O2. The van der Waals surface area contributed by atoms with Crippen LogP contribution in [0, 0.1) is 0 Å². The molecular weight excluding hydrogens is 408 g/mol. The predicted octanol–water partition coefficient (Wildman–Crippen LogP) is 6.74. The summed E-state index contributed by atoms with van der Waals surface area (Å²) in [6.07, 6.45) is 2.16. The molecule has 0 bridgehead atoms. The van der Waals surface area contributed by atoms with E-state index in [1.165, 1.54) is 22.3 Å². The van der Waals surface area contributed by atoms with Gasteiger partial charge in [-0.2, -0.15) is 0 Å². The van der Waals surface area contributed by atoms with Crippen LogP contribution >= 0.6 is 0 Å². The second kappa shape index (κ2) is 8.40. The van der Waals surface area contributed by atoms with E-state index in [1.807, 2.05) is 24.3 Å². The van der Waals surface area contributed by atoms with Crippen molar-refractivity contribution in [1.82, 2.24) is 9.97 Å². The summed E-state index contributed by atoms with van der Waals surface area (Å²) in [4.78, 5) is 9.37. The highest BCUT2D eigenvalue weighted by Gasteiger charge is 2.13. The minimum atomic E-state index is 0.422. The highest BCUT2D eigenvalue weighted by Crippen LogP contribution is 2.23. The Kier molecular flexibility index (Phi) is 4.96. The molecule has 33 heavy (non-hydrogen) atoms. The van der Waals surface area contributed by atoms with Gasteiger partial charge >= 0.3 is 0 Å². The SMILES string of the molecule is c1ccc(Cc2ccc3oc(Cc4nc5cc(Cc6ccccc6)ccc5o4)nc3c2)cc1. The van der Waals surface area contributed by atoms with E-state index in [0.717, 1.165) is 35.0 Å².